The highest BCUT2D eigenvalue weighted by molar-refractivity contribution is 6.05. The third-order valence-corrected chi connectivity index (χ3v) is 8.40. The summed E-state index contributed by atoms with van der Waals surface area (Å²) < 4.78 is 7.03. The summed E-state index contributed by atoms with van der Waals surface area (Å²) >= 11 is 0. The number of carbonyl (C=O) groups is 3. The van der Waals surface area contributed by atoms with Gasteiger partial charge in [0.25, 0.3) is 11.8 Å². The van der Waals surface area contributed by atoms with E-state index in [9.17, 15) is 14.4 Å². The van der Waals surface area contributed by atoms with Crippen LogP contribution < -0.4 is 5.32 Å². The van der Waals surface area contributed by atoms with Crippen molar-refractivity contribution in [1.82, 2.24) is 19.4 Å². The first-order valence-electron chi connectivity index (χ1n) is 16.8. The SMILES string of the molecule is CCOC(=O)c1ccc(NC(=O)c2nc3ccc(C(=O)N(CCC(C)C)CCC(C)C)cc3n2CCCN2CCCCC2)cc1. The Morgan fingerprint density at radius 3 is 2.16 bits per heavy atom. The zero-order chi connectivity index (χ0) is 32.3. The number of piperidine rings is 1. The first kappa shape index (κ1) is 34.2. The molecule has 0 radical (unpaired) electrons. The van der Waals surface area contributed by atoms with Gasteiger partial charge in [-0.3, -0.25) is 9.59 Å². The van der Waals surface area contributed by atoms with Crippen LogP contribution in [0, 0.1) is 11.8 Å². The Morgan fingerprint density at radius 1 is 0.889 bits per heavy atom. The van der Waals surface area contributed by atoms with Crippen molar-refractivity contribution < 1.29 is 19.1 Å². The van der Waals surface area contributed by atoms with Crippen LogP contribution in [0.25, 0.3) is 11.0 Å². The molecule has 9 heteroatoms. The molecule has 4 rings (SSSR count). The summed E-state index contributed by atoms with van der Waals surface area (Å²) in [5.41, 5.74) is 3.07. The fraction of sp³-hybridized carbons (Fsp3) is 0.556. The van der Waals surface area contributed by atoms with Crippen LogP contribution in [0.4, 0.5) is 5.69 Å². The smallest absolute Gasteiger partial charge is 0.338 e. The molecular weight excluding hydrogens is 566 g/mol. The number of aryl methyl sites for hydroxylation is 1. The van der Waals surface area contributed by atoms with Crippen molar-refractivity contribution in [3.8, 4) is 0 Å². The molecular formula is C36H51N5O4. The summed E-state index contributed by atoms with van der Waals surface area (Å²) in [6.45, 7) is 16.0. The monoisotopic (exact) mass is 617 g/mol. The number of likely N-dealkylation sites (tertiary alicyclic amines) is 1. The van der Waals surface area contributed by atoms with Gasteiger partial charge in [0.2, 0.25) is 0 Å². The van der Waals surface area contributed by atoms with E-state index in [0.717, 1.165) is 57.5 Å². The number of imidazole rings is 1. The van der Waals surface area contributed by atoms with E-state index in [2.05, 4.69) is 37.9 Å². The third-order valence-electron chi connectivity index (χ3n) is 8.40. The maximum atomic E-state index is 13.8. The van der Waals surface area contributed by atoms with Gasteiger partial charge in [0.15, 0.2) is 5.82 Å². The molecule has 1 aliphatic rings. The lowest BCUT2D eigenvalue weighted by molar-refractivity contribution is 0.0526. The Bertz CT molecular complexity index is 1410. The number of anilines is 1. The molecule has 0 spiro atoms. The minimum absolute atomic E-state index is 0.0203. The van der Waals surface area contributed by atoms with Crippen LogP contribution in [0.1, 0.15) is 104 Å². The molecule has 0 unspecified atom stereocenters. The Morgan fingerprint density at radius 2 is 1.53 bits per heavy atom. The molecule has 1 aromatic heterocycles. The Hall–Kier alpha value is -3.72. The van der Waals surface area contributed by atoms with E-state index in [1.165, 1.54) is 19.3 Å². The minimum Gasteiger partial charge on any atom is -0.462 e. The van der Waals surface area contributed by atoms with Crippen LogP contribution in [0.15, 0.2) is 42.5 Å². The zero-order valence-electron chi connectivity index (χ0n) is 27.8. The van der Waals surface area contributed by atoms with Crippen LogP contribution in [0.2, 0.25) is 0 Å². The van der Waals surface area contributed by atoms with Gasteiger partial charge in [-0.25, -0.2) is 9.78 Å². The largest absolute Gasteiger partial charge is 0.462 e. The van der Waals surface area contributed by atoms with Gasteiger partial charge < -0.3 is 24.4 Å². The Kier molecular flexibility index (Phi) is 12.6. The number of nitrogens with zero attached hydrogens (tertiary/aromatic N) is 4. The van der Waals surface area contributed by atoms with Gasteiger partial charge in [0, 0.05) is 30.9 Å². The molecule has 45 heavy (non-hydrogen) atoms. The number of aromatic nitrogens is 2. The molecule has 9 nitrogen and oxygen atoms in total. The summed E-state index contributed by atoms with van der Waals surface area (Å²) in [4.78, 5) is 48.7. The molecule has 3 aromatic rings. The van der Waals surface area contributed by atoms with Crippen LogP contribution in [-0.4, -0.2) is 76.5 Å². The van der Waals surface area contributed by atoms with E-state index in [4.69, 9.17) is 9.72 Å². The normalized spacial score (nSPS) is 13.8. The van der Waals surface area contributed by atoms with Crippen molar-refractivity contribution >= 4 is 34.5 Å². The molecule has 1 fully saturated rings. The molecule has 2 amide bonds. The van der Waals surface area contributed by atoms with E-state index in [1.54, 1.807) is 31.2 Å². The van der Waals surface area contributed by atoms with E-state index in [-0.39, 0.29) is 11.8 Å². The molecule has 0 atom stereocenters. The molecule has 1 aliphatic heterocycles. The zero-order valence-corrected chi connectivity index (χ0v) is 27.8. The Balaban J connectivity index is 1.61. The lowest BCUT2D eigenvalue weighted by Crippen LogP contribution is -2.34. The number of rotatable bonds is 15. The van der Waals surface area contributed by atoms with Crippen molar-refractivity contribution in [1.29, 1.82) is 0 Å². The van der Waals surface area contributed by atoms with Crippen LogP contribution >= 0.6 is 0 Å². The van der Waals surface area contributed by atoms with Crippen molar-refractivity contribution in [2.24, 2.45) is 11.8 Å². The van der Waals surface area contributed by atoms with E-state index < -0.39 is 5.97 Å². The predicted octanol–water partition coefficient (Wildman–Crippen LogP) is 6.88. The number of nitrogens with one attached hydrogen (secondary N) is 1. The van der Waals surface area contributed by atoms with Crippen LogP contribution in [-0.2, 0) is 11.3 Å². The fourth-order valence-corrected chi connectivity index (χ4v) is 5.71. The van der Waals surface area contributed by atoms with Crippen LogP contribution in [0.3, 0.4) is 0 Å². The van der Waals surface area contributed by atoms with Crippen molar-refractivity contribution in [2.45, 2.75) is 79.7 Å². The molecule has 0 aliphatic carbocycles. The first-order chi connectivity index (χ1) is 21.7. The van der Waals surface area contributed by atoms with E-state index in [1.807, 2.05) is 27.7 Å². The summed E-state index contributed by atoms with van der Waals surface area (Å²) in [7, 11) is 0. The van der Waals surface area contributed by atoms with Gasteiger partial charge in [0.05, 0.1) is 23.2 Å². The summed E-state index contributed by atoms with van der Waals surface area (Å²) in [6, 6.07) is 12.3. The van der Waals surface area contributed by atoms with Gasteiger partial charge in [-0.15, -0.1) is 0 Å². The molecule has 2 heterocycles. The van der Waals surface area contributed by atoms with Gasteiger partial charge in [-0.2, -0.15) is 0 Å². The molecule has 1 N–H and O–H groups in total. The number of benzene rings is 2. The second-order valence-electron chi connectivity index (χ2n) is 13.0. The second kappa shape index (κ2) is 16.5. The molecule has 0 saturated carbocycles. The lowest BCUT2D eigenvalue weighted by atomic mass is 10.1. The molecule has 1 saturated heterocycles. The number of hydrogen-bond donors (Lipinski definition) is 1. The average Bonchev–Trinajstić information content (AvgIpc) is 3.39. The average molecular weight is 618 g/mol. The summed E-state index contributed by atoms with van der Waals surface area (Å²) in [5, 5.41) is 2.95. The molecule has 2 aromatic carbocycles. The van der Waals surface area contributed by atoms with Crippen molar-refractivity contribution in [3.63, 3.8) is 0 Å². The predicted molar refractivity (Wildman–Crippen MR) is 180 cm³/mol. The first-order valence-corrected chi connectivity index (χ1v) is 16.8. The quantitative estimate of drug-likeness (QED) is 0.187. The topological polar surface area (TPSA) is 96.8 Å². The highest BCUT2D eigenvalue weighted by atomic mass is 16.5. The highest BCUT2D eigenvalue weighted by Gasteiger charge is 2.22. The number of carbonyl (C=O) groups excluding carboxylic acids is 3. The van der Waals surface area contributed by atoms with Gasteiger partial charge in [-0.1, -0.05) is 34.1 Å². The van der Waals surface area contributed by atoms with E-state index >= 15 is 0 Å². The number of esters is 1. The van der Waals surface area contributed by atoms with Crippen molar-refractivity contribution in [2.75, 3.05) is 44.6 Å². The fourth-order valence-electron chi connectivity index (χ4n) is 5.71. The number of amides is 2. The van der Waals surface area contributed by atoms with Gasteiger partial charge >= 0.3 is 5.97 Å². The number of ether oxygens (including phenoxy) is 1. The van der Waals surface area contributed by atoms with Gasteiger partial charge in [0.1, 0.15) is 0 Å². The third kappa shape index (κ3) is 9.63. The summed E-state index contributed by atoms with van der Waals surface area (Å²) in [6.07, 6.45) is 6.51. The maximum absolute atomic E-state index is 13.8. The van der Waals surface area contributed by atoms with E-state index in [0.29, 0.717) is 53.1 Å². The minimum atomic E-state index is -0.400. The summed E-state index contributed by atoms with van der Waals surface area (Å²) in [5.74, 6) is 0.599. The number of hydrogen-bond acceptors (Lipinski definition) is 6. The molecule has 0 bridgehead atoms. The van der Waals surface area contributed by atoms with Crippen molar-refractivity contribution in [3.05, 3.63) is 59.4 Å². The number of fused-ring (bicyclic) bond motifs is 1. The Labute approximate surface area is 268 Å². The van der Waals surface area contributed by atoms with Gasteiger partial charge in [-0.05, 0) is 113 Å². The highest BCUT2D eigenvalue weighted by Crippen LogP contribution is 2.23. The van der Waals surface area contributed by atoms with Crippen LogP contribution in [0.5, 0.6) is 0 Å². The lowest BCUT2D eigenvalue weighted by Gasteiger charge is -2.26. The standard InChI is InChI=1S/C36H51N5O4/c1-6-45-36(44)28-11-14-30(15-12-28)37-34(42)33-38-31-16-13-29(35(43)40(23-17-26(2)3)24-18-27(4)5)25-32(31)41(33)22-10-21-39-19-8-7-9-20-39/h11-16,25-27H,6-10,17-24H2,1-5H3,(H,37,42). The maximum Gasteiger partial charge on any atom is 0.338 e. The molecule has 244 valence electrons. The second-order valence-corrected chi connectivity index (χ2v) is 13.0.